The van der Waals surface area contributed by atoms with Crippen molar-refractivity contribution in [2.45, 2.75) is 39.3 Å². The Morgan fingerprint density at radius 3 is 2.50 bits per heavy atom. The molecule has 0 aliphatic carbocycles. The molecule has 7 nitrogen and oxygen atoms in total. The summed E-state index contributed by atoms with van der Waals surface area (Å²) in [5, 5.41) is 2.78. The second-order valence-electron chi connectivity index (χ2n) is 7.57. The fourth-order valence-corrected chi connectivity index (χ4v) is 3.32. The van der Waals surface area contributed by atoms with Crippen molar-refractivity contribution in [3.63, 3.8) is 0 Å². The number of nitrogens with one attached hydrogen (secondary N) is 2. The molecule has 1 aromatic heterocycles. The normalized spacial score (nSPS) is 12.1. The van der Waals surface area contributed by atoms with Crippen LogP contribution >= 0.6 is 0 Å². The van der Waals surface area contributed by atoms with Gasteiger partial charge in [-0.15, -0.1) is 0 Å². The number of carbonyl (C=O) groups excluding carboxylic acids is 2. The average molecular weight is 409 g/mol. The van der Waals surface area contributed by atoms with E-state index in [0.717, 1.165) is 16.6 Å². The lowest BCUT2D eigenvalue weighted by molar-refractivity contribution is -0.149. The van der Waals surface area contributed by atoms with Crippen LogP contribution in [-0.2, 0) is 27.3 Å². The molecule has 1 amide bonds. The minimum atomic E-state index is -0.711. The van der Waals surface area contributed by atoms with E-state index in [1.165, 1.54) is 0 Å². The molecule has 0 fully saturated rings. The SMILES string of the molecule is CC(C)C(NC(=O)Cc1ccccc1)C(=O)OCCCn1c(=O)[nH]c2ccccc21. The van der Waals surface area contributed by atoms with Gasteiger partial charge in [0.1, 0.15) is 6.04 Å². The maximum atomic E-state index is 12.5. The first-order valence-electron chi connectivity index (χ1n) is 10.1. The van der Waals surface area contributed by atoms with Crippen molar-refractivity contribution < 1.29 is 14.3 Å². The van der Waals surface area contributed by atoms with Gasteiger partial charge in [-0.1, -0.05) is 56.3 Å². The number of rotatable bonds is 9. The van der Waals surface area contributed by atoms with Crippen molar-refractivity contribution in [1.82, 2.24) is 14.9 Å². The van der Waals surface area contributed by atoms with Gasteiger partial charge in [-0.2, -0.15) is 0 Å². The number of amides is 1. The van der Waals surface area contributed by atoms with Crippen LogP contribution in [0.25, 0.3) is 11.0 Å². The Kier molecular flexibility index (Phi) is 7.06. The van der Waals surface area contributed by atoms with Gasteiger partial charge in [0.25, 0.3) is 0 Å². The van der Waals surface area contributed by atoms with E-state index in [4.69, 9.17) is 4.74 Å². The molecule has 0 saturated carbocycles. The molecule has 0 aliphatic heterocycles. The summed E-state index contributed by atoms with van der Waals surface area (Å²) in [5.41, 5.74) is 2.30. The van der Waals surface area contributed by atoms with Crippen molar-refractivity contribution in [2.75, 3.05) is 6.61 Å². The van der Waals surface area contributed by atoms with Gasteiger partial charge in [0.15, 0.2) is 0 Å². The van der Waals surface area contributed by atoms with Gasteiger partial charge in [0.2, 0.25) is 5.91 Å². The van der Waals surface area contributed by atoms with Crippen molar-refractivity contribution in [2.24, 2.45) is 5.92 Å². The summed E-state index contributed by atoms with van der Waals surface area (Å²) in [6.45, 7) is 4.33. The minimum Gasteiger partial charge on any atom is -0.464 e. The molecule has 0 saturated heterocycles. The van der Waals surface area contributed by atoms with E-state index < -0.39 is 12.0 Å². The van der Waals surface area contributed by atoms with Crippen LogP contribution < -0.4 is 11.0 Å². The second-order valence-corrected chi connectivity index (χ2v) is 7.57. The number of para-hydroxylation sites is 2. The highest BCUT2D eigenvalue weighted by molar-refractivity contribution is 5.85. The van der Waals surface area contributed by atoms with Crippen LogP contribution in [0, 0.1) is 5.92 Å². The Balaban J connectivity index is 1.50. The summed E-state index contributed by atoms with van der Waals surface area (Å²) < 4.78 is 7.02. The third kappa shape index (κ3) is 5.37. The van der Waals surface area contributed by atoms with Gasteiger partial charge in [-0.05, 0) is 30.0 Å². The number of hydrogen-bond acceptors (Lipinski definition) is 4. The highest BCUT2D eigenvalue weighted by Crippen LogP contribution is 2.10. The predicted octanol–water partition coefficient (Wildman–Crippen LogP) is 2.65. The number of fused-ring (bicyclic) bond motifs is 1. The molecule has 0 spiro atoms. The fraction of sp³-hybridized carbons (Fsp3) is 0.348. The van der Waals surface area contributed by atoms with E-state index in [-0.39, 0.29) is 30.5 Å². The quantitative estimate of drug-likeness (QED) is 0.420. The zero-order valence-corrected chi connectivity index (χ0v) is 17.3. The lowest BCUT2D eigenvalue weighted by Gasteiger charge is -2.21. The predicted molar refractivity (Wildman–Crippen MR) is 115 cm³/mol. The molecule has 1 heterocycles. The summed E-state index contributed by atoms with van der Waals surface area (Å²) in [6.07, 6.45) is 0.705. The number of aromatic amines is 1. The molecule has 0 bridgehead atoms. The fourth-order valence-electron chi connectivity index (χ4n) is 3.32. The number of nitrogens with zero attached hydrogens (tertiary/aromatic N) is 1. The third-order valence-corrected chi connectivity index (χ3v) is 4.90. The van der Waals surface area contributed by atoms with Gasteiger partial charge in [-0.25, -0.2) is 9.59 Å². The molecule has 3 rings (SSSR count). The number of aryl methyl sites for hydroxylation is 1. The lowest BCUT2D eigenvalue weighted by atomic mass is 10.0. The van der Waals surface area contributed by atoms with Crippen LogP contribution in [0.15, 0.2) is 59.4 Å². The van der Waals surface area contributed by atoms with E-state index in [1.807, 2.05) is 68.4 Å². The second kappa shape index (κ2) is 9.91. The molecule has 2 aromatic carbocycles. The largest absolute Gasteiger partial charge is 0.464 e. The monoisotopic (exact) mass is 409 g/mol. The van der Waals surface area contributed by atoms with Crippen LogP contribution in [0.2, 0.25) is 0 Å². The average Bonchev–Trinajstić information content (AvgIpc) is 3.05. The molecule has 1 unspecified atom stereocenters. The summed E-state index contributed by atoms with van der Waals surface area (Å²) in [4.78, 5) is 39.7. The topological polar surface area (TPSA) is 93.2 Å². The van der Waals surface area contributed by atoms with Crippen LogP contribution in [0.3, 0.4) is 0 Å². The van der Waals surface area contributed by atoms with Gasteiger partial charge in [-0.3, -0.25) is 9.36 Å². The highest BCUT2D eigenvalue weighted by Gasteiger charge is 2.25. The lowest BCUT2D eigenvalue weighted by Crippen LogP contribution is -2.46. The first-order chi connectivity index (χ1) is 14.5. The van der Waals surface area contributed by atoms with E-state index >= 15 is 0 Å². The number of hydrogen-bond donors (Lipinski definition) is 2. The number of H-pyrrole nitrogens is 1. The number of imidazole rings is 1. The van der Waals surface area contributed by atoms with Crippen LogP contribution in [0.4, 0.5) is 0 Å². The summed E-state index contributed by atoms with van der Waals surface area (Å²) in [6, 6.07) is 16.1. The van der Waals surface area contributed by atoms with Gasteiger partial charge < -0.3 is 15.0 Å². The minimum absolute atomic E-state index is 0.103. The maximum Gasteiger partial charge on any atom is 0.328 e. The molecule has 0 aliphatic rings. The van der Waals surface area contributed by atoms with Crippen molar-refractivity contribution in [3.8, 4) is 0 Å². The Morgan fingerprint density at radius 2 is 1.77 bits per heavy atom. The number of benzene rings is 2. The Hall–Kier alpha value is -3.35. The number of aromatic nitrogens is 2. The summed E-state index contributed by atoms with van der Waals surface area (Å²) >= 11 is 0. The van der Waals surface area contributed by atoms with Crippen LogP contribution in [0.1, 0.15) is 25.8 Å². The Labute approximate surface area is 175 Å². The van der Waals surface area contributed by atoms with Gasteiger partial charge in [0.05, 0.1) is 24.1 Å². The molecule has 158 valence electrons. The van der Waals surface area contributed by atoms with Crippen molar-refractivity contribution in [3.05, 3.63) is 70.6 Å². The molecule has 1 atom stereocenters. The number of ether oxygens (including phenoxy) is 1. The molecule has 0 radical (unpaired) electrons. The third-order valence-electron chi connectivity index (χ3n) is 4.90. The van der Waals surface area contributed by atoms with Gasteiger partial charge in [0, 0.05) is 6.54 Å². The standard InChI is InChI=1S/C23H27N3O4/c1-16(2)21(25-20(27)15-17-9-4-3-5-10-17)22(28)30-14-8-13-26-19-12-7-6-11-18(19)24-23(26)29/h3-7,9-12,16,21H,8,13-15H2,1-2H3,(H,24,29)(H,25,27). The van der Waals surface area contributed by atoms with E-state index in [9.17, 15) is 14.4 Å². The van der Waals surface area contributed by atoms with Gasteiger partial charge >= 0.3 is 11.7 Å². The van der Waals surface area contributed by atoms with Crippen molar-refractivity contribution >= 4 is 22.9 Å². The zero-order valence-electron chi connectivity index (χ0n) is 17.3. The summed E-state index contributed by atoms with van der Waals surface area (Å²) in [5.74, 6) is -0.784. The number of esters is 1. The molecule has 7 heteroatoms. The Bertz CT molecular complexity index is 1050. The smallest absolute Gasteiger partial charge is 0.328 e. The Morgan fingerprint density at radius 1 is 1.07 bits per heavy atom. The van der Waals surface area contributed by atoms with E-state index in [2.05, 4.69) is 10.3 Å². The zero-order chi connectivity index (χ0) is 21.5. The first-order valence-corrected chi connectivity index (χ1v) is 10.1. The van der Waals surface area contributed by atoms with Crippen molar-refractivity contribution in [1.29, 1.82) is 0 Å². The number of carbonyl (C=O) groups is 2. The van der Waals surface area contributed by atoms with E-state index in [1.54, 1.807) is 4.57 Å². The van der Waals surface area contributed by atoms with E-state index in [0.29, 0.717) is 13.0 Å². The molecule has 2 N–H and O–H groups in total. The molecular weight excluding hydrogens is 382 g/mol. The maximum absolute atomic E-state index is 12.5. The molecule has 30 heavy (non-hydrogen) atoms. The van der Waals surface area contributed by atoms with Crippen LogP contribution in [-0.4, -0.2) is 34.1 Å². The summed E-state index contributed by atoms with van der Waals surface area (Å²) in [7, 11) is 0. The molecular formula is C23H27N3O4. The highest BCUT2D eigenvalue weighted by atomic mass is 16.5. The molecule has 3 aromatic rings. The first kappa shape index (κ1) is 21.4. The van der Waals surface area contributed by atoms with Crippen LogP contribution in [0.5, 0.6) is 0 Å².